The van der Waals surface area contributed by atoms with Crippen molar-refractivity contribution in [2.45, 2.75) is 18.8 Å². The van der Waals surface area contributed by atoms with Gasteiger partial charge in [-0.3, -0.25) is 0 Å². The van der Waals surface area contributed by atoms with E-state index in [1.807, 2.05) is 23.2 Å². The van der Waals surface area contributed by atoms with Crippen molar-refractivity contribution in [1.82, 2.24) is 19.1 Å². The highest BCUT2D eigenvalue weighted by molar-refractivity contribution is 5.68. The zero-order chi connectivity index (χ0) is 11.3. The van der Waals surface area contributed by atoms with Crippen molar-refractivity contribution in [2.24, 2.45) is 14.1 Å². The van der Waals surface area contributed by atoms with E-state index < -0.39 is 0 Å². The molecule has 1 aliphatic carbocycles. The van der Waals surface area contributed by atoms with Gasteiger partial charge in [-0.25, -0.2) is 9.97 Å². The summed E-state index contributed by atoms with van der Waals surface area (Å²) in [5.74, 6) is 2.44. The lowest BCUT2D eigenvalue weighted by atomic mass is 10.3. The van der Waals surface area contributed by atoms with Crippen molar-refractivity contribution in [1.29, 1.82) is 0 Å². The van der Waals surface area contributed by atoms with Crippen LogP contribution in [0.4, 0.5) is 5.82 Å². The van der Waals surface area contributed by atoms with Gasteiger partial charge in [0.2, 0.25) is 0 Å². The van der Waals surface area contributed by atoms with Gasteiger partial charge in [0.25, 0.3) is 0 Å². The molecule has 0 aromatic carbocycles. The lowest BCUT2D eigenvalue weighted by Crippen LogP contribution is -2.00. The predicted molar refractivity (Wildman–Crippen MR) is 61.8 cm³/mol. The SMILES string of the molecule is Cn1cncc1-c1nc(C2CC2)n(C)c1N. The zero-order valence-electron chi connectivity index (χ0n) is 9.51. The molecule has 2 aromatic heterocycles. The lowest BCUT2D eigenvalue weighted by Gasteiger charge is -2.01. The fourth-order valence-corrected chi connectivity index (χ4v) is 2.01. The Morgan fingerprint density at radius 3 is 2.69 bits per heavy atom. The van der Waals surface area contributed by atoms with Gasteiger partial charge in [-0.05, 0) is 12.8 Å². The standard InChI is InChI=1S/C11H15N5/c1-15-6-13-5-8(15)9-10(12)16(2)11(14-9)7-3-4-7/h5-7H,3-4,12H2,1-2H3. The maximum Gasteiger partial charge on any atom is 0.133 e. The normalized spacial score (nSPS) is 15.6. The van der Waals surface area contributed by atoms with E-state index in [0.29, 0.717) is 5.92 Å². The summed E-state index contributed by atoms with van der Waals surface area (Å²) in [5, 5.41) is 0. The van der Waals surface area contributed by atoms with Crippen molar-refractivity contribution in [3.63, 3.8) is 0 Å². The first-order valence-corrected chi connectivity index (χ1v) is 5.47. The molecule has 0 amide bonds. The fourth-order valence-electron chi connectivity index (χ4n) is 2.01. The van der Waals surface area contributed by atoms with Gasteiger partial charge < -0.3 is 14.9 Å². The van der Waals surface area contributed by atoms with Crippen molar-refractivity contribution in [2.75, 3.05) is 5.73 Å². The topological polar surface area (TPSA) is 61.7 Å². The molecule has 3 rings (SSSR count). The first-order chi connectivity index (χ1) is 7.68. The van der Waals surface area contributed by atoms with Crippen LogP contribution in [-0.2, 0) is 14.1 Å². The first-order valence-electron chi connectivity index (χ1n) is 5.47. The minimum Gasteiger partial charge on any atom is -0.383 e. The Kier molecular flexibility index (Phi) is 1.83. The molecule has 0 saturated heterocycles. The van der Waals surface area contributed by atoms with Crippen LogP contribution < -0.4 is 5.73 Å². The van der Waals surface area contributed by atoms with Gasteiger partial charge in [0.15, 0.2) is 0 Å². The molecule has 2 aromatic rings. The predicted octanol–water partition coefficient (Wildman–Crippen LogP) is 1.28. The van der Waals surface area contributed by atoms with Crippen LogP contribution in [0.2, 0.25) is 0 Å². The van der Waals surface area contributed by atoms with Crippen LogP contribution in [0.5, 0.6) is 0 Å². The van der Waals surface area contributed by atoms with Gasteiger partial charge in [0, 0.05) is 20.0 Å². The Labute approximate surface area is 93.9 Å². The summed E-state index contributed by atoms with van der Waals surface area (Å²) in [6, 6.07) is 0. The van der Waals surface area contributed by atoms with Crippen molar-refractivity contribution in [3.8, 4) is 11.4 Å². The maximum atomic E-state index is 6.09. The van der Waals surface area contributed by atoms with Gasteiger partial charge in [0.05, 0.1) is 18.2 Å². The smallest absolute Gasteiger partial charge is 0.133 e. The van der Waals surface area contributed by atoms with Crippen LogP contribution in [0.25, 0.3) is 11.4 Å². The monoisotopic (exact) mass is 217 g/mol. The Morgan fingerprint density at radius 2 is 2.12 bits per heavy atom. The summed E-state index contributed by atoms with van der Waals surface area (Å²) in [6.07, 6.45) is 6.03. The molecule has 0 radical (unpaired) electrons. The summed E-state index contributed by atoms with van der Waals surface area (Å²) >= 11 is 0. The molecule has 16 heavy (non-hydrogen) atoms. The molecule has 0 unspecified atom stereocenters. The van der Waals surface area contributed by atoms with E-state index in [0.717, 1.165) is 23.0 Å². The van der Waals surface area contributed by atoms with E-state index in [9.17, 15) is 0 Å². The summed E-state index contributed by atoms with van der Waals surface area (Å²) < 4.78 is 3.94. The summed E-state index contributed by atoms with van der Waals surface area (Å²) in [5.41, 5.74) is 7.91. The Bertz CT molecular complexity index is 533. The highest BCUT2D eigenvalue weighted by atomic mass is 15.2. The average Bonchev–Trinajstić information content (AvgIpc) is 2.96. The highest BCUT2D eigenvalue weighted by Gasteiger charge is 2.30. The van der Waals surface area contributed by atoms with E-state index in [2.05, 4.69) is 9.97 Å². The average molecular weight is 217 g/mol. The number of anilines is 1. The first kappa shape index (κ1) is 9.45. The number of imidazole rings is 2. The van der Waals surface area contributed by atoms with E-state index in [-0.39, 0.29) is 0 Å². The molecule has 1 fully saturated rings. The number of nitrogen functional groups attached to an aromatic ring is 1. The quantitative estimate of drug-likeness (QED) is 0.824. The number of hydrogen-bond acceptors (Lipinski definition) is 3. The highest BCUT2D eigenvalue weighted by Crippen LogP contribution is 2.41. The van der Waals surface area contributed by atoms with Crippen LogP contribution in [0, 0.1) is 0 Å². The second kappa shape index (κ2) is 3.10. The Balaban J connectivity index is 2.14. The molecule has 2 heterocycles. The molecule has 2 N–H and O–H groups in total. The second-order valence-corrected chi connectivity index (χ2v) is 4.43. The van der Waals surface area contributed by atoms with Gasteiger partial charge in [0.1, 0.15) is 17.3 Å². The molecule has 0 aliphatic heterocycles. The van der Waals surface area contributed by atoms with Crippen LogP contribution in [0.15, 0.2) is 12.5 Å². The molecule has 0 spiro atoms. The fraction of sp³-hybridized carbons (Fsp3) is 0.455. The number of rotatable bonds is 2. The summed E-state index contributed by atoms with van der Waals surface area (Å²) in [4.78, 5) is 8.75. The molecular weight excluding hydrogens is 202 g/mol. The molecular formula is C11H15N5. The van der Waals surface area contributed by atoms with Crippen molar-refractivity contribution in [3.05, 3.63) is 18.3 Å². The van der Waals surface area contributed by atoms with Gasteiger partial charge in [-0.15, -0.1) is 0 Å². The Hall–Kier alpha value is -1.78. The zero-order valence-corrected chi connectivity index (χ0v) is 9.51. The maximum absolute atomic E-state index is 6.09. The summed E-state index contributed by atoms with van der Waals surface area (Å²) in [7, 11) is 3.93. The lowest BCUT2D eigenvalue weighted by molar-refractivity contribution is 0.807. The van der Waals surface area contributed by atoms with Crippen LogP contribution >= 0.6 is 0 Å². The van der Waals surface area contributed by atoms with Crippen molar-refractivity contribution >= 4 is 5.82 Å². The minimum atomic E-state index is 0.606. The summed E-state index contributed by atoms with van der Waals surface area (Å²) in [6.45, 7) is 0. The number of aryl methyl sites for hydroxylation is 1. The molecule has 5 heteroatoms. The van der Waals surface area contributed by atoms with E-state index in [1.54, 1.807) is 12.5 Å². The molecule has 1 saturated carbocycles. The third-order valence-corrected chi connectivity index (χ3v) is 3.18. The number of nitrogens with zero attached hydrogens (tertiary/aromatic N) is 4. The van der Waals surface area contributed by atoms with Crippen LogP contribution in [0.1, 0.15) is 24.6 Å². The molecule has 0 atom stereocenters. The molecule has 0 bridgehead atoms. The van der Waals surface area contributed by atoms with E-state index in [4.69, 9.17) is 5.73 Å². The van der Waals surface area contributed by atoms with Gasteiger partial charge in [-0.2, -0.15) is 0 Å². The second-order valence-electron chi connectivity index (χ2n) is 4.43. The van der Waals surface area contributed by atoms with E-state index in [1.165, 1.54) is 12.8 Å². The van der Waals surface area contributed by atoms with Crippen LogP contribution in [-0.4, -0.2) is 19.1 Å². The minimum absolute atomic E-state index is 0.606. The Morgan fingerprint density at radius 1 is 1.38 bits per heavy atom. The number of nitrogens with two attached hydrogens (primary N) is 1. The van der Waals surface area contributed by atoms with Crippen molar-refractivity contribution < 1.29 is 0 Å². The molecule has 5 nitrogen and oxygen atoms in total. The third-order valence-electron chi connectivity index (χ3n) is 3.18. The van der Waals surface area contributed by atoms with Gasteiger partial charge >= 0.3 is 0 Å². The third kappa shape index (κ3) is 1.24. The number of hydrogen-bond donors (Lipinski definition) is 1. The van der Waals surface area contributed by atoms with Crippen LogP contribution in [0.3, 0.4) is 0 Å². The largest absolute Gasteiger partial charge is 0.383 e. The number of aromatic nitrogens is 4. The van der Waals surface area contributed by atoms with E-state index >= 15 is 0 Å². The molecule has 1 aliphatic rings. The molecule has 84 valence electrons. The van der Waals surface area contributed by atoms with Gasteiger partial charge in [-0.1, -0.05) is 0 Å².